The highest BCUT2D eigenvalue weighted by Gasteiger charge is 2.33. The normalized spacial score (nSPS) is 14.5. The minimum absolute atomic E-state index is 0.00458. The molecule has 10 heteroatoms. The second-order valence-corrected chi connectivity index (χ2v) is 6.33. The van der Waals surface area contributed by atoms with E-state index in [9.17, 15) is 22.8 Å². The van der Waals surface area contributed by atoms with E-state index >= 15 is 0 Å². The summed E-state index contributed by atoms with van der Waals surface area (Å²) in [7, 11) is 0. The third kappa shape index (κ3) is 4.44. The Labute approximate surface area is 152 Å². The molecule has 3 rings (SSSR count). The van der Waals surface area contributed by atoms with Gasteiger partial charge in [0.1, 0.15) is 5.69 Å². The predicted octanol–water partition coefficient (Wildman–Crippen LogP) is 2.23. The fourth-order valence-corrected chi connectivity index (χ4v) is 2.92. The van der Waals surface area contributed by atoms with Crippen molar-refractivity contribution in [2.45, 2.75) is 44.9 Å². The molecule has 27 heavy (non-hydrogen) atoms. The average Bonchev–Trinajstić information content (AvgIpc) is 3.06. The van der Waals surface area contributed by atoms with Gasteiger partial charge in [0.2, 0.25) is 0 Å². The number of fused-ring (bicyclic) bond motifs is 1. The van der Waals surface area contributed by atoms with Crippen LogP contribution in [0.15, 0.2) is 23.1 Å². The Morgan fingerprint density at radius 3 is 2.89 bits per heavy atom. The number of aromatic amines is 1. The molecule has 1 aliphatic carbocycles. The Bertz CT molecular complexity index is 910. The van der Waals surface area contributed by atoms with E-state index in [1.54, 1.807) is 6.07 Å². The van der Waals surface area contributed by atoms with Gasteiger partial charge in [-0.1, -0.05) is 0 Å². The first kappa shape index (κ1) is 18.9. The summed E-state index contributed by atoms with van der Waals surface area (Å²) in [6.07, 6.45) is -0.890. The molecule has 0 radical (unpaired) electrons. The van der Waals surface area contributed by atoms with Crippen molar-refractivity contribution in [3.63, 3.8) is 0 Å². The number of pyridine rings is 1. The Hall–Kier alpha value is -2.91. The quantitative estimate of drug-likeness (QED) is 0.756. The smallest absolute Gasteiger partial charge is 0.334 e. The molecule has 0 aromatic carbocycles. The minimum atomic E-state index is -4.59. The molecule has 1 aliphatic rings. The van der Waals surface area contributed by atoms with Crippen molar-refractivity contribution >= 4 is 6.03 Å². The van der Waals surface area contributed by atoms with Gasteiger partial charge < -0.3 is 15.6 Å². The molecule has 144 valence electrons. The van der Waals surface area contributed by atoms with Crippen LogP contribution < -0.4 is 16.2 Å². The van der Waals surface area contributed by atoms with Crippen LogP contribution in [0.25, 0.3) is 0 Å². The van der Waals surface area contributed by atoms with E-state index in [4.69, 9.17) is 0 Å². The highest BCUT2D eigenvalue weighted by atomic mass is 19.4. The van der Waals surface area contributed by atoms with Gasteiger partial charge in [0.15, 0.2) is 5.82 Å². The Morgan fingerprint density at radius 1 is 1.37 bits per heavy atom. The SMILES string of the molecule is CC(NC(=O)NCc1cc2c([nH]c1=O)CCC2)c1nccc(C(F)(F)F)n1. The Morgan fingerprint density at radius 2 is 2.15 bits per heavy atom. The van der Waals surface area contributed by atoms with Gasteiger partial charge in [-0.15, -0.1) is 0 Å². The first-order valence-electron chi connectivity index (χ1n) is 8.42. The molecule has 0 saturated heterocycles. The molecule has 2 amide bonds. The third-order valence-corrected chi connectivity index (χ3v) is 4.30. The van der Waals surface area contributed by atoms with Crippen LogP contribution in [0.5, 0.6) is 0 Å². The number of carbonyl (C=O) groups is 1. The molecule has 0 aliphatic heterocycles. The van der Waals surface area contributed by atoms with Crippen molar-refractivity contribution in [3.8, 4) is 0 Å². The number of aryl methyl sites for hydroxylation is 2. The number of H-pyrrole nitrogens is 1. The molecule has 0 spiro atoms. The standard InChI is InChI=1S/C17H18F3N5O2/c1-9(14-21-6-5-13(25-14)17(18,19)20)23-16(27)22-8-11-7-10-3-2-4-12(10)24-15(11)26/h5-7,9H,2-4,8H2,1H3,(H,24,26)(H2,22,23,27). The molecule has 0 fully saturated rings. The van der Waals surface area contributed by atoms with Crippen molar-refractivity contribution in [2.75, 3.05) is 0 Å². The maximum atomic E-state index is 12.7. The van der Waals surface area contributed by atoms with Gasteiger partial charge in [-0.3, -0.25) is 4.79 Å². The predicted molar refractivity (Wildman–Crippen MR) is 89.9 cm³/mol. The summed E-state index contributed by atoms with van der Waals surface area (Å²) in [5, 5.41) is 4.99. The molecule has 1 unspecified atom stereocenters. The summed E-state index contributed by atoms with van der Waals surface area (Å²) in [5.41, 5.74) is 1.09. The van der Waals surface area contributed by atoms with Gasteiger partial charge in [0.05, 0.1) is 6.04 Å². The number of rotatable bonds is 4. The monoisotopic (exact) mass is 381 g/mol. The Balaban J connectivity index is 1.61. The lowest BCUT2D eigenvalue weighted by Crippen LogP contribution is -2.38. The molecule has 7 nitrogen and oxygen atoms in total. The zero-order chi connectivity index (χ0) is 19.6. The fourth-order valence-electron chi connectivity index (χ4n) is 2.92. The first-order valence-corrected chi connectivity index (χ1v) is 8.42. The summed E-state index contributed by atoms with van der Waals surface area (Å²) in [6, 6.07) is 1.06. The van der Waals surface area contributed by atoms with Crippen LogP contribution in [0.1, 0.15) is 47.7 Å². The van der Waals surface area contributed by atoms with Gasteiger partial charge in [-0.2, -0.15) is 13.2 Å². The van der Waals surface area contributed by atoms with Crippen LogP contribution >= 0.6 is 0 Å². The zero-order valence-electron chi connectivity index (χ0n) is 14.5. The lowest BCUT2D eigenvalue weighted by atomic mass is 10.1. The molecule has 2 aromatic rings. The second kappa shape index (κ2) is 7.37. The van der Waals surface area contributed by atoms with E-state index in [0.29, 0.717) is 5.56 Å². The maximum absolute atomic E-state index is 12.7. The Kier molecular flexibility index (Phi) is 5.15. The number of nitrogens with zero attached hydrogens (tertiary/aromatic N) is 2. The van der Waals surface area contributed by atoms with Crippen molar-refractivity contribution in [3.05, 3.63) is 57.0 Å². The number of alkyl halides is 3. The van der Waals surface area contributed by atoms with E-state index in [-0.39, 0.29) is 17.9 Å². The molecule has 3 N–H and O–H groups in total. The molecule has 0 bridgehead atoms. The fraction of sp³-hybridized carbons (Fsp3) is 0.412. The maximum Gasteiger partial charge on any atom is 0.433 e. The summed E-state index contributed by atoms with van der Waals surface area (Å²) >= 11 is 0. The van der Waals surface area contributed by atoms with Crippen molar-refractivity contribution in [2.24, 2.45) is 0 Å². The number of nitrogens with one attached hydrogen (secondary N) is 3. The van der Waals surface area contributed by atoms with E-state index < -0.39 is 23.9 Å². The summed E-state index contributed by atoms with van der Waals surface area (Å²) in [4.78, 5) is 34.0. The first-order chi connectivity index (χ1) is 12.7. The van der Waals surface area contributed by atoms with Gasteiger partial charge in [-0.25, -0.2) is 14.8 Å². The van der Waals surface area contributed by atoms with Crippen LogP contribution in [0.4, 0.5) is 18.0 Å². The topological polar surface area (TPSA) is 99.8 Å². The number of carbonyl (C=O) groups excluding carboxylic acids is 1. The van der Waals surface area contributed by atoms with E-state index in [1.165, 1.54) is 6.92 Å². The zero-order valence-corrected chi connectivity index (χ0v) is 14.5. The number of urea groups is 1. The number of hydrogen-bond donors (Lipinski definition) is 3. The summed E-state index contributed by atoms with van der Waals surface area (Å²) in [5.74, 6) is -0.157. The van der Waals surface area contributed by atoms with Crippen LogP contribution in [0, 0.1) is 0 Å². The van der Waals surface area contributed by atoms with Crippen LogP contribution in [-0.4, -0.2) is 21.0 Å². The van der Waals surface area contributed by atoms with Gasteiger partial charge in [0.25, 0.3) is 5.56 Å². The molecular formula is C17H18F3N5O2. The van der Waals surface area contributed by atoms with Gasteiger partial charge in [-0.05, 0) is 43.9 Å². The second-order valence-electron chi connectivity index (χ2n) is 6.33. The molecule has 1 atom stereocenters. The summed E-state index contributed by atoms with van der Waals surface area (Å²) in [6.45, 7) is 1.47. The molecule has 2 aromatic heterocycles. The van der Waals surface area contributed by atoms with E-state index in [2.05, 4.69) is 25.6 Å². The van der Waals surface area contributed by atoms with Gasteiger partial charge >= 0.3 is 12.2 Å². The van der Waals surface area contributed by atoms with Gasteiger partial charge in [0, 0.05) is 24.0 Å². The molecule has 0 saturated carbocycles. The number of hydrogen-bond acceptors (Lipinski definition) is 4. The lowest BCUT2D eigenvalue weighted by molar-refractivity contribution is -0.141. The number of halogens is 3. The average molecular weight is 381 g/mol. The van der Waals surface area contributed by atoms with E-state index in [0.717, 1.165) is 42.8 Å². The van der Waals surface area contributed by atoms with Crippen molar-refractivity contribution in [1.29, 1.82) is 0 Å². The summed E-state index contributed by atoms with van der Waals surface area (Å²) < 4.78 is 38.1. The van der Waals surface area contributed by atoms with Crippen LogP contribution in [-0.2, 0) is 25.6 Å². The van der Waals surface area contributed by atoms with Crippen molar-refractivity contribution in [1.82, 2.24) is 25.6 Å². The van der Waals surface area contributed by atoms with Crippen LogP contribution in [0.3, 0.4) is 0 Å². The number of aromatic nitrogens is 3. The molecule has 2 heterocycles. The highest BCUT2D eigenvalue weighted by Crippen LogP contribution is 2.27. The van der Waals surface area contributed by atoms with Crippen molar-refractivity contribution < 1.29 is 18.0 Å². The van der Waals surface area contributed by atoms with E-state index in [1.807, 2.05) is 0 Å². The lowest BCUT2D eigenvalue weighted by Gasteiger charge is -2.15. The van der Waals surface area contributed by atoms with Crippen LogP contribution in [0.2, 0.25) is 0 Å². The number of amides is 2. The largest absolute Gasteiger partial charge is 0.433 e. The minimum Gasteiger partial charge on any atom is -0.334 e. The molecular weight excluding hydrogens is 363 g/mol. The third-order valence-electron chi connectivity index (χ3n) is 4.30. The highest BCUT2D eigenvalue weighted by molar-refractivity contribution is 5.74.